The Morgan fingerprint density at radius 2 is 1.44 bits per heavy atom. The van der Waals surface area contributed by atoms with Gasteiger partial charge in [-0.15, -0.1) is 0 Å². The Bertz CT molecular complexity index is 1260. The van der Waals surface area contributed by atoms with Crippen LogP contribution in [-0.2, 0) is 0 Å². The number of rotatable bonds is 8. The lowest BCUT2D eigenvalue weighted by atomic mass is 9.78. The first kappa shape index (κ1) is 24.6. The minimum Gasteiger partial charge on any atom is -0.424 e. The quantitative estimate of drug-likeness (QED) is 0.202. The Labute approximate surface area is 211 Å². The van der Waals surface area contributed by atoms with Crippen LogP contribution in [0, 0.1) is 5.41 Å². The summed E-state index contributed by atoms with van der Waals surface area (Å²) in [6.07, 6.45) is 3.23. The molecule has 2 N–H and O–H groups in total. The fourth-order valence-corrected chi connectivity index (χ4v) is 8.97. The number of fused-ring (bicyclic) bond motifs is 1. The molecule has 4 aromatic rings. The molecule has 1 aromatic heterocycles. The predicted octanol–water partition coefficient (Wildman–Crippen LogP) is 6.45. The Kier molecular flexibility index (Phi) is 6.73. The summed E-state index contributed by atoms with van der Waals surface area (Å²) < 4.78 is 0.953. The molecule has 0 saturated heterocycles. The molecule has 3 nitrogen and oxygen atoms in total. The van der Waals surface area contributed by atoms with E-state index in [9.17, 15) is 9.59 Å². The predicted molar refractivity (Wildman–Crippen MR) is 148 cm³/mol. The first-order chi connectivity index (χ1) is 16.1. The summed E-state index contributed by atoms with van der Waals surface area (Å²) >= 11 is 3.53. The molecule has 5 heteroatoms. The summed E-state index contributed by atoms with van der Waals surface area (Å²) in [4.78, 5) is 29.3. The molecule has 1 heterocycles. The summed E-state index contributed by atoms with van der Waals surface area (Å²) in [6.45, 7) is 8.35. The summed E-state index contributed by atoms with van der Waals surface area (Å²) in [5.41, 5.74) is 1.10. The Morgan fingerprint density at radius 1 is 0.882 bits per heavy atom. The van der Waals surface area contributed by atoms with Gasteiger partial charge in [-0.05, 0) is 46.5 Å². The molecule has 3 aromatic carbocycles. The molecular weight excluding hydrogens is 502 g/mol. The topological polar surface area (TPSA) is 53.1 Å². The van der Waals surface area contributed by atoms with Crippen LogP contribution in [-0.4, -0.2) is 23.9 Å². The van der Waals surface area contributed by atoms with Crippen molar-refractivity contribution in [1.82, 2.24) is 4.98 Å². The fraction of sp³-hybridized carbons (Fsp3) is 0.276. The number of hydrogen-bond donors (Lipinski definition) is 2. The van der Waals surface area contributed by atoms with Crippen LogP contribution in [0.2, 0.25) is 5.04 Å². The first-order valence-electron chi connectivity index (χ1n) is 11.7. The van der Waals surface area contributed by atoms with Crippen molar-refractivity contribution in [2.24, 2.45) is 5.41 Å². The van der Waals surface area contributed by atoms with E-state index in [-0.39, 0.29) is 5.78 Å². The second-order valence-corrected chi connectivity index (χ2v) is 15.3. The van der Waals surface area contributed by atoms with Gasteiger partial charge in [-0.2, -0.15) is 0 Å². The number of Topliss-reactive ketones (excluding diaryl/α,β-unsaturated/α-hetero) is 1. The monoisotopic (exact) mass is 533 g/mol. The van der Waals surface area contributed by atoms with E-state index in [1.54, 1.807) is 0 Å². The molecule has 0 aliphatic carbocycles. The van der Waals surface area contributed by atoms with E-state index in [0.29, 0.717) is 6.42 Å². The third-order valence-electron chi connectivity index (χ3n) is 7.24. The van der Waals surface area contributed by atoms with Crippen molar-refractivity contribution < 1.29 is 9.59 Å². The minimum atomic E-state index is -3.10. The number of carbonyl (C=O) groups excluding carboxylic acids is 1. The highest BCUT2D eigenvalue weighted by atomic mass is 79.9. The van der Waals surface area contributed by atoms with Crippen molar-refractivity contribution in [3.05, 3.63) is 95.1 Å². The van der Waals surface area contributed by atoms with E-state index >= 15 is 0 Å². The molecule has 0 bridgehead atoms. The van der Waals surface area contributed by atoms with Crippen molar-refractivity contribution in [2.45, 2.75) is 45.6 Å². The van der Waals surface area contributed by atoms with Gasteiger partial charge in [0.1, 0.15) is 0 Å². The Hall–Kier alpha value is -2.47. The lowest BCUT2D eigenvalue weighted by molar-refractivity contribution is 0.0820. The number of aromatic amines is 1. The molecule has 0 radical (unpaired) electrons. The maximum Gasteiger partial charge on any atom is 0.258 e. The van der Waals surface area contributed by atoms with E-state index in [4.69, 9.17) is 0 Å². The maximum absolute atomic E-state index is 13.7. The summed E-state index contributed by atoms with van der Waals surface area (Å²) in [7, 11) is -3.10. The van der Waals surface area contributed by atoms with Crippen molar-refractivity contribution in [1.29, 1.82) is 0 Å². The van der Waals surface area contributed by atoms with Crippen molar-refractivity contribution in [3.63, 3.8) is 0 Å². The third kappa shape index (κ3) is 4.44. The van der Waals surface area contributed by atoms with Gasteiger partial charge < -0.3 is 9.78 Å². The number of carbonyl (C=O) groups is 1. The Morgan fingerprint density at radius 3 is 2.00 bits per heavy atom. The van der Waals surface area contributed by atoms with Gasteiger partial charge in [0.15, 0.2) is 5.78 Å². The fourth-order valence-electron chi connectivity index (χ4n) is 4.87. The molecule has 0 saturated carbocycles. The number of benzene rings is 3. The van der Waals surface area contributed by atoms with Crippen LogP contribution in [0.1, 0.15) is 50.9 Å². The molecule has 0 aliphatic rings. The molecule has 4 rings (SSSR count). The van der Waals surface area contributed by atoms with Crippen molar-refractivity contribution in [2.75, 3.05) is 0 Å². The third-order valence-corrected chi connectivity index (χ3v) is 12.3. The minimum absolute atomic E-state index is 0.122. The number of hydrogen-bond acceptors (Lipinski definition) is 2. The second-order valence-electron chi connectivity index (χ2n) is 10.4. The van der Waals surface area contributed by atoms with Gasteiger partial charge in [-0.1, -0.05) is 104 Å². The van der Waals surface area contributed by atoms with E-state index < -0.39 is 18.8 Å². The van der Waals surface area contributed by atoms with E-state index in [0.717, 1.165) is 37.7 Å². The smallest absolute Gasteiger partial charge is 0.258 e. The van der Waals surface area contributed by atoms with E-state index in [2.05, 4.69) is 34.8 Å². The zero-order valence-electron chi connectivity index (χ0n) is 20.2. The largest absolute Gasteiger partial charge is 0.424 e. The molecule has 0 aliphatic heterocycles. The van der Waals surface area contributed by atoms with Crippen molar-refractivity contribution in [3.8, 4) is 0 Å². The van der Waals surface area contributed by atoms with E-state index in [1.807, 2.05) is 98.9 Å². The molecule has 0 atom stereocenters. The van der Waals surface area contributed by atoms with Gasteiger partial charge >= 0.3 is 0 Å². The van der Waals surface area contributed by atoms with E-state index in [1.165, 1.54) is 0 Å². The van der Waals surface area contributed by atoms with Crippen molar-refractivity contribution >= 4 is 51.3 Å². The molecule has 34 heavy (non-hydrogen) atoms. The van der Waals surface area contributed by atoms with Gasteiger partial charge in [0.05, 0.1) is 0 Å². The van der Waals surface area contributed by atoms with Crippen LogP contribution in [0.3, 0.4) is 0 Å². The molecule has 0 unspecified atom stereocenters. The number of ketones is 1. The molecule has 0 spiro atoms. The number of aromatic nitrogens is 1. The second kappa shape index (κ2) is 9.29. The average Bonchev–Trinajstić information content (AvgIpc) is 3.25. The van der Waals surface area contributed by atoms with Crippen LogP contribution < -0.4 is 10.4 Å². The lowest BCUT2D eigenvalue weighted by Crippen LogP contribution is -2.65. The average molecular weight is 535 g/mol. The zero-order valence-corrected chi connectivity index (χ0v) is 22.8. The van der Waals surface area contributed by atoms with Crippen LogP contribution in [0.15, 0.2) is 89.5 Å². The summed E-state index contributed by atoms with van der Waals surface area (Å²) in [6, 6.07) is 26.1. The highest BCUT2D eigenvalue weighted by molar-refractivity contribution is 9.10. The van der Waals surface area contributed by atoms with Gasteiger partial charge in [0.2, 0.25) is 0 Å². The van der Waals surface area contributed by atoms with Gasteiger partial charge in [0.25, 0.3) is 8.32 Å². The van der Waals surface area contributed by atoms with Gasteiger partial charge in [0, 0.05) is 32.6 Å². The van der Waals surface area contributed by atoms with Crippen LogP contribution >= 0.6 is 15.9 Å². The molecule has 0 amide bonds. The van der Waals surface area contributed by atoms with Crippen LogP contribution in [0.25, 0.3) is 10.9 Å². The van der Waals surface area contributed by atoms with Crippen LogP contribution in [0.5, 0.6) is 0 Å². The molecule has 176 valence electrons. The number of halogens is 1. The van der Waals surface area contributed by atoms with Gasteiger partial charge in [-0.3, -0.25) is 4.79 Å². The lowest BCUT2D eigenvalue weighted by Gasteiger charge is -2.42. The molecule has 0 fully saturated rings. The molecular formula is C29H32BrNO2Si. The summed E-state index contributed by atoms with van der Waals surface area (Å²) in [5.74, 6) is 0.122. The highest BCUT2D eigenvalue weighted by Gasteiger charge is 2.50. The zero-order chi connectivity index (χ0) is 24.6. The maximum atomic E-state index is 13.7. The standard InChI is InChI=1S/C29H32BrNO2Si/c1-28(2,27(32)25-20-31-26-16-15-21(30)19-24(25)26)17-18-29(3,4)34(33,22-11-7-5-8-12-22)23-13-9-6-10-14-23/h5-16,19-20,31,33H,17-18H2,1-4H3. The highest BCUT2D eigenvalue weighted by Crippen LogP contribution is 2.44. The number of H-pyrrole nitrogens is 1. The number of nitrogens with one attached hydrogen (secondary N) is 1. The van der Waals surface area contributed by atoms with Crippen LogP contribution in [0.4, 0.5) is 0 Å². The Balaban J connectivity index is 1.65. The summed E-state index contributed by atoms with van der Waals surface area (Å²) in [5, 5.41) is 2.54. The van der Waals surface area contributed by atoms with Gasteiger partial charge in [-0.25, -0.2) is 0 Å². The SMILES string of the molecule is CC(C)(CCC(C)(C)[Si](O)(c1ccccc1)c1ccccc1)C(=O)c1c[nH]c2ccc(Br)cc12. The normalized spacial score (nSPS) is 12.8. The first-order valence-corrected chi connectivity index (χ1v) is 14.5.